The minimum Gasteiger partial charge on any atom is -0.464 e. The Balaban J connectivity index is 1.56. The van der Waals surface area contributed by atoms with E-state index in [2.05, 4.69) is 23.3 Å². The summed E-state index contributed by atoms with van der Waals surface area (Å²) in [4.78, 5) is 16.8. The van der Waals surface area contributed by atoms with Crippen LogP contribution in [0.2, 0.25) is 0 Å². The van der Waals surface area contributed by atoms with Crippen molar-refractivity contribution in [2.45, 2.75) is 20.3 Å². The lowest BCUT2D eigenvalue weighted by atomic mass is 10.0. The number of rotatable bonds is 3. The van der Waals surface area contributed by atoms with Gasteiger partial charge in [0, 0.05) is 16.3 Å². The number of benzene rings is 2. The number of para-hydroxylation sites is 1. The SMILES string of the molecule is Cc1ccc2c(CC(=O)Nc3cnc4ccccc4c3)coc2c1C. The van der Waals surface area contributed by atoms with Crippen LogP contribution in [-0.2, 0) is 11.2 Å². The van der Waals surface area contributed by atoms with Crippen LogP contribution in [0.3, 0.4) is 0 Å². The molecular formula is C21H18N2O2. The maximum Gasteiger partial charge on any atom is 0.228 e. The molecule has 0 atom stereocenters. The number of nitrogens with zero attached hydrogens (tertiary/aromatic N) is 1. The molecule has 4 aromatic rings. The van der Waals surface area contributed by atoms with Crippen LogP contribution in [0.4, 0.5) is 5.69 Å². The van der Waals surface area contributed by atoms with E-state index in [4.69, 9.17) is 4.42 Å². The smallest absolute Gasteiger partial charge is 0.228 e. The summed E-state index contributed by atoms with van der Waals surface area (Å²) in [5.41, 5.74) is 5.65. The first-order chi connectivity index (χ1) is 12.1. The number of hydrogen-bond acceptors (Lipinski definition) is 3. The minimum atomic E-state index is -0.0852. The van der Waals surface area contributed by atoms with Gasteiger partial charge in [0.05, 0.1) is 30.1 Å². The van der Waals surface area contributed by atoms with Crippen LogP contribution >= 0.6 is 0 Å². The molecule has 4 rings (SSSR count). The van der Waals surface area contributed by atoms with E-state index in [0.717, 1.165) is 33.0 Å². The van der Waals surface area contributed by atoms with E-state index in [1.54, 1.807) is 12.5 Å². The lowest BCUT2D eigenvalue weighted by Crippen LogP contribution is -2.14. The van der Waals surface area contributed by atoms with Crippen molar-refractivity contribution >= 4 is 33.5 Å². The Hall–Kier alpha value is -3.14. The van der Waals surface area contributed by atoms with Gasteiger partial charge < -0.3 is 9.73 Å². The molecule has 124 valence electrons. The first kappa shape index (κ1) is 15.4. The molecule has 0 unspecified atom stereocenters. The van der Waals surface area contributed by atoms with Crippen LogP contribution in [0.25, 0.3) is 21.9 Å². The summed E-state index contributed by atoms with van der Waals surface area (Å²) >= 11 is 0. The van der Waals surface area contributed by atoms with Gasteiger partial charge in [-0.05, 0) is 37.1 Å². The van der Waals surface area contributed by atoms with Gasteiger partial charge in [-0.25, -0.2) is 0 Å². The number of nitrogens with one attached hydrogen (secondary N) is 1. The van der Waals surface area contributed by atoms with E-state index in [9.17, 15) is 4.79 Å². The molecule has 1 N–H and O–H groups in total. The molecule has 2 aromatic heterocycles. The van der Waals surface area contributed by atoms with E-state index in [0.29, 0.717) is 5.69 Å². The fourth-order valence-corrected chi connectivity index (χ4v) is 3.04. The van der Waals surface area contributed by atoms with Gasteiger partial charge in [0.1, 0.15) is 5.58 Å². The summed E-state index contributed by atoms with van der Waals surface area (Å²) in [7, 11) is 0. The van der Waals surface area contributed by atoms with Crippen molar-refractivity contribution in [3.63, 3.8) is 0 Å². The van der Waals surface area contributed by atoms with Gasteiger partial charge in [0.25, 0.3) is 0 Å². The number of pyridine rings is 1. The fourth-order valence-electron chi connectivity index (χ4n) is 3.04. The molecule has 0 aliphatic carbocycles. The molecule has 0 fully saturated rings. The molecule has 0 aliphatic rings. The Bertz CT molecular complexity index is 1100. The molecular weight excluding hydrogens is 312 g/mol. The highest BCUT2D eigenvalue weighted by atomic mass is 16.3. The van der Waals surface area contributed by atoms with Crippen molar-refractivity contribution in [2.75, 3.05) is 5.32 Å². The summed E-state index contributed by atoms with van der Waals surface area (Å²) in [6, 6.07) is 13.8. The molecule has 4 nitrogen and oxygen atoms in total. The fraction of sp³-hybridized carbons (Fsp3) is 0.143. The molecule has 2 aromatic carbocycles. The van der Waals surface area contributed by atoms with Crippen molar-refractivity contribution in [3.8, 4) is 0 Å². The molecule has 0 saturated heterocycles. The predicted molar refractivity (Wildman–Crippen MR) is 99.8 cm³/mol. The van der Waals surface area contributed by atoms with Gasteiger partial charge >= 0.3 is 0 Å². The maximum atomic E-state index is 12.4. The lowest BCUT2D eigenvalue weighted by Gasteiger charge is -2.06. The second-order valence-electron chi connectivity index (χ2n) is 6.29. The Morgan fingerprint density at radius 1 is 1.16 bits per heavy atom. The number of hydrogen-bond donors (Lipinski definition) is 1. The molecule has 2 heterocycles. The number of aromatic nitrogens is 1. The van der Waals surface area contributed by atoms with Crippen LogP contribution in [0.5, 0.6) is 0 Å². The summed E-state index contributed by atoms with van der Waals surface area (Å²) in [5.74, 6) is -0.0852. The average Bonchev–Trinajstić information content (AvgIpc) is 3.01. The largest absolute Gasteiger partial charge is 0.464 e. The first-order valence-electron chi connectivity index (χ1n) is 8.23. The highest BCUT2D eigenvalue weighted by Gasteiger charge is 2.13. The van der Waals surface area contributed by atoms with E-state index in [-0.39, 0.29) is 12.3 Å². The Kier molecular flexibility index (Phi) is 3.73. The monoisotopic (exact) mass is 330 g/mol. The van der Waals surface area contributed by atoms with Crippen molar-refractivity contribution in [2.24, 2.45) is 0 Å². The van der Waals surface area contributed by atoms with Crippen LogP contribution in [0.15, 0.2) is 59.3 Å². The third-order valence-corrected chi connectivity index (χ3v) is 4.57. The van der Waals surface area contributed by atoms with Gasteiger partial charge in [-0.1, -0.05) is 30.3 Å². The molecule has 0 saturated carbocycles. The van der Waals surface area contributed by atoms with Gasteiger partial charge in [-0.3, -0.25) is 9.78 Å². The molecule has 4 heteroatoms. The summed E-state index contributed by atoms with van der Waals surface area (Å²) < 4.78 is 5.68. The normalized spacial score (nSPS) is 11.1. The molecule has 0 radical (unpaired) electrons. The molecule has 25 heavy (non-hydrogen) atoms. The summed E-state index contributed by atoms with van der Waals surface area (Å²) in [5, 5.41) is 4.92. The molecule has 0 bridgehead atoms. The van der Waals surface area contributed by atoms with Gasteiger partial charge in [-0.2, -0.15) is 0 Å². The van der Waals surface area contributed by atoms with Crippen molar-refractivity contribution < 1.29 is 9.21 Å². The van der Waals surface area contributed by atoms with Crippen LogP contribution in [0.1, 0.15) is 16.7 Å². The number of aryl methyl sites for hydroxylation is 2. The van der Waals surface area contributed by atoms with Crippen molar-refractivity contribution in [1.82, 2.24) is 4.98 Å². The third kappa shape index (κ3) is 2.87. The number of anilines is 1. The number of carbonyl (C=O) groups excluding carboxylic acids is 1. The quantitative estimate of drug-likeness (QED) is 0.588. The van der Waals surface area contributed by atoms with Crippen LogP contribution < -0.4 is 5.32 Å². The minimum absolute atomic E-state index is 0.0852. The Morgan fingerprint density at radius 3 is 2.88 bits per heavy atom. The lowest BCUT2D eigenvalue weighted by molar-refractivity contribution is -0.115. The standard InChI is InChI=1S/C21H18N2O2/c1-13-7-8-18-16(12-25-21(18)14(13)2)10-20(24)23-17-9-15-5-3-4-6-19(15)22-11-17/h3-9,11-12H,10H2,1-2H3,(H,23,24). The third-order valence-electron chi connectivity index (χ3n) is 4.57. The molecule has 0 aliphatic heterocycles. The second kappa shape index (κ2) is 6.06. The average molecular weight is 330 g/mol. The van der Waals surface area contributed by atoms with E-state index >= 15 is 0 Å². The maximum absolute atomic E-state index is 12.4. The van der Waals surface area contributed by atoms with E-state index in [1.165, 1.54) is 5.56 Å². The first-order valence-corrected chi connectivity index (χ1v) is 8.23. The van der Waals surface area contributed by atoms with Crippen LogP contribution in [-0.4, -0.2) is 10.9 Å². The van der Waals surface area contributed by atoms with E-state index < -0.39 is 0 Å². The summed E-state index contributed by atoms with van der Waals surface area (Å²) in [6.45, 7) is 4.09. The zero-order valence-corrected chi connectivity index (χ0v) is 14.2. The zero-order chi connectivity index (χ0) is 17.4. The van der Waals surface area contributed by atoms with E-state index in [1.807, 2.05) is 43.3 Å². The summed E-state index contributed by atoms with van der Waals surface area (Å²) in [6.07, 6.45) is 3.62. The number of amides is 1. The Labute approximate surface area is 145 Å². The number of furan rings is 1. The van der Waals surface area contributed by atoms with Crippen LogP contribution in [0, 0.1) is 13.8 Å². The topological polar surface area (TPSA) is 55.1 Å². The highest BCUT2D eigenvalue weighted by molar-refractivity contribution is 5.97. The molecule has 1 amide bonds. The van der Waals surface area contributed by atoms with Gasteiger partial charge in [0.2, 0.25) is 5.91 Å². The van der Waals surface area contributed by atoms with Gasteiger partial charge in [0.15, 0.2) is 0 Å². The predicted octanol–water partition coefficient (Wildman–Crippen LogP) is 4.78. The number of carbonyl (C=O) groups is 1. The highest BCUT2D eigenvalue weighted by Crippen LogP contribution is 2.27. The number of fused-ring (bicyclic) bond motifs is 2. The van der Waals surface area contributed by atoms with Gasteiger partial charge in [-0.15, -0.1) is 0 Å². The zero-order valence-electron chi connectivity index (χ0n) is 14.2. The second-order valence-corrected chi connectivity index (χ2v) is 6.29. The Morgan fingerprint density at radius 2 is 2.00 bits per heavy atom. The van der Waals surface area contributed by atoms with Crippen molar-refractivity contribution in [1.29, 1.82) is 0 Å². The van der Waals surface area contributed by atoms with Crippen molar-refractivity contribution in [3.05, 3.63) is 71.6 Å². The molecule has 0 spiro atoms.